The number of aromatic nitrogens is 2. The average molecular weight is 607 g/mol. The number of piperazine rings is 1. The Kier molecular flexibility index (Phi) is 8.47. The molecule has 11 nitrogen and oxygen atoms in total. The van der Waals surface area contributed by atoms with Crippen molar-refractivity contribution in [3.8, 4) is 22.1 Å². The zero-order valence-electron chi connectivity index (χ0n) is 23.2. The lowest BCUT2D eigenvalue weighted by Crippen LogP contribution is -2.51. The first kappa shape index (κ1) is 28.9. The summed E-state index contributed by atoms with van der Waals surface area (Å²) in [6, 6.07) is 11.7. The summed E-state index contributed by atoms with van der Waals surface area (Å²) in [4.78, 5) is 37.8. The number of rotatable bonds is 9. The largest absolute Gasteiger partial charge is 0.453 e. The van der Waals surface area contributed by atoms with Gasteiger partial charge in [-0.25, -0.2) is 9.18 Å². The third-order valence-corrected chi connectivity index (χ3v) is 8.48. The van der Waals surface area contributed by atoms with Crippen LogP contribution in [-0.4, -0.2) is 86.9 Å². The molecule has 13 heteroatoms. The average Bonchev–Trinajstić information content (AvgIpc) is 3.72. The Hall–Kier alpha value is -4.17. The summed E-state index contributed by atoms with van der Waals surface area (Å²) in [6.45, 7) is 2.40. The molecule has 6 rings (SSSR count). The Bertz CT molecular complexity index is 1620. The molecule has 4 heterocycles. The second kappa shape index (κ2) is 12.6. The van der Waals surface area contributed by atoms with Crippen molar-refractivity contribution in [2.24, 2.45) is 0 Å². The third kappa shape index (κ3) is 6.91. The van der Waals surface area contributed by atoms with Gasteiger partial charge in [-0.3, -0.25) is 19.7 Å². The number of thiophene rings is 1. The second-order valence-electron chi connectivity index (χ2n) is 10.6. The number of pyridine rings is 2. The van der Waals surface area contributed by atoms with Crippen LogP contribution in [0.15, 0.2) is 54.9 Å². The second-order valence-corrected chi connectivity index (χ2v) is 11.7. The fourth-order valence-corrected chi connectivity index (χ4v) is 5.86. The Morgan fingerprint density at radius 3 is 2.58 bits per heavy atom. The van der Waals surface area contributed by atoms with Crippen molar-refractivity contribution < 1.29 is 28.9 Å². The number of carbonyl (C=O) groups is 2. The number of fused-ring (bicyclic) bond motifs is 1. The van der Waals surface area contributed by atoms with Gasteiger partial charge in [-0.1, -0.05) is 6.07 Å². The maximum Gasteiger partial charge on any atom is 0.319 e. The van der Waals surface area contributed by atoms with E-state index in [0.29, 0.717) is 49.7 Å². The highest BCUT2D eigenvalue weighted by atomic mass is 32.1. The first-order valence-corrected chi connectivity index (χ1v) is 14.9. The Labute approximate surface area is 250 Å². The third-order valence-electron chi connectivity index (χ3n) is 7.32. The summed E-state index contributed by atoms with van der Waals surface area (Å²) in [5, 5.41) is 24.0. The minimum absolute atomic E-state index is 0.0350. The fourth-order valence-electron chi connectivity index (χ4n) is 4.82. The number of benzene rings is 1. The van der Waals surface area contributed by atoms with E-state index in [1.165, 1.54) is 23.5 Å². The molecule has 1 unspecified atom stereocenters. The van der Waals surface area contributed by atoms with Gasteiger partial charge in [-0.2, -0.15) is 0 Å². The quantitative estimate of drug-likeness (QED) is 0.227. The van der Waals surface area contributed by atoms with Crippen LogP contribution in [0.5, 0.6) is 11.5 Å². The van der Waals surface area contributed by atoms with E-state index in [0.717, 1.165) is 33.7 Å². The number of urea groups is 1. The number of ether oxygens (including phenoxy) is 1. The summed E-state index contributed by atoms with van der Waals surface area (Å²) < 4.78 is 21.6. The molecule has 0 bridgehead atoms. The van der Waals surface area contributed by atoms with Crippen molar-refractivity contribution in [3.05, 3.63) is 66.2 Å². The molecule has 4 aromatic rings. The zero-order valence-corrected chi connectivity index (χ0v) is 24.0. The molecular weight excluding hydrogens is 575 g/mol. The van der Waals surface area contributed by atoms with Crippen LogP contribution in [0, 0.1) is 5.82 Å². The van der Waals surface area contributed by atoms with Crippen LogP contribution in [0.25, 0.3) is 20.8 Å². The standard InChI is InChI=1S/C30H31FN6O5S/c31-21-13-20(35-30(41)34-19-2-3-19)4-6-25(21)42-26-7-8-32-23-14-27(43-28(23)26)22-5-1-18(15-33-22)16-36-9-11-37(12-10-36)29(40)24(39)17-38/h1,4-8,13-15,19,24,38-39H,2-3,9-12,16-17H2,(H2,34,35,41). The number of aliphatic hydroxyl groups is 2. The van der Waals surface area contributed by atoms with Crippen LogP contribution in [0.1, 0.15) is 18.4 Å². The van der Waals surface area contributed by atoms with E-state index in [2.05, 4.69) is 25.5 Å². The number of carbonyl (C=O) groups excluding carboxylic acids is 2. The first-order chi connectivity index (χ1) is 20.9. The summed E-state index contributed by atoms with van der Waals surface area (Å²) >= 11 is 1.45. The lowest BCUT2D eigenvalue weighted by Gasteiger charge is -2.35. The van der Waals surface area contributed by atoms with Crippen LogP contribution in [0.3, 0.4) is 0 Å². The Morgan fingerprint density at radius 1 is 1.07 bits per heavy atom. The normalized spacial score (nSPS) is 16.2. The molecule has 1 atom stereocenters. The molecule has 0 spiro atoms. The van der Waals surface area contributed by atoms with Gasteiger partial charge in [0.1, 0.15) is 5.75 Å². The van der Waals surface area contributed by atoms with E-state index in [1.807, 2.05) is 24.4 Å². The minimum atomic E-state index is -1.36. The minimum Gasteiger partial charge on any atom is -0.453 e. The number of hydrogen-bond acceptors (Lipinski definition) is 9. The summed E-state index contributed by atoms with van der Waals surface area (Å²) in [6.07, 6.45) is 4.00. The maximum atomic E-state index is 14.9. The molecule has 0 radical (unpaired) electrons. The van der Waals surface area contributed by atoms with E-state index in [9.17, 15) is 19.1 Å². The van der Waals surface area contributed by atoms with Gasteiger partial charge in [0, 0.05) is 69.0 Å². The van der Waals surface area contributed by atoms with Gasteiger partial charge in [-0.15, -0.1) is 11.3 Å². The van der Waals surface area contributed by atoms with Crippen LogP contribution >= 0.6 is 11.3 Å². The monoisotopic (exact) mass is 606 g/mol. The van der Waals surface area contributed by atoms with Crippen LogP contribution in [0.4, 0.5) is 14.9 Å². The molecule has 1 aliphatic carbocycles. The lowest BCUT2D eigenvalue weighted by molar-refractivity contribution is -0.143. The topological polar surface area (TPSA) is 140 Å². The highest BCUT2D eigenvalue weighted by molar-refractivity contribution is 7.22. The summed E-state index contributed by atoms with van der Waals surface area (Å²) in [5.41, 5.74) is 2.85. The van der Waals surface area contributed by atoms with E-state index in [4.69, 9.17) is 9.84 Å². The lowest BCUT2D eigenvalue weighted by atomic mass is 10.2. The van der Waals surface area contributed by atoms with Crippen molar-refractivity contribution in [1.29, 1.82) is 0 Å². The number of amides is 3. The first-order valence-electron chi connectivity index (χ1n) is 14.0. The van der Waals surface area contributed by atoms with Crippen molar-refractivity contribution in [2.75, 3.05) is 38.1 Å². The van der Waals surface area contributed by atoms with Gasteiger partial charge in [0.2, 0.25) is 0 Å². The predicted octanol–water partition coefficient (Wildman–Crippen LogP) is 3.57. The number of anilines is 1. The SMILES string of the molecule is O=C(Nc1ccc(Oc2ccnc3cc(-c4ccc(CN5CCN(C(=O)C(O)CO)CC5)cn4)sc23)c(F)c1)NC1CC1. The summed E-state index contributed by atoms with van der Waals surface area (Å²) in [5.74, 6) is -0.537. The van der Waals surface area contributed by atoms with E-state index in [-0.39, 0.29) is 17.8 Å². The molecule has 1 aliphatic heterocycles. The van der Waals surface area contributed by atoms with Crippen molar-refractivity contribution >= 4 is 39.2 Å². The molecule has 4 N–H and O–H groups in total. The molecule has 1 saturated carbocycles. The van der Waals surface area contributed by atoms with E-state index >= 15 is 0 Å². The summed E-state index contributed by atoms with van der Waals surface area (Å²) in [7, 11) is 0. The van der Waals surface area contributed by atoms with Crippen molar-refractivity contribution in [3.63, 3.8) is 0 Å². The van der Waals surface area contributed by atoms with E-state index in [1.54, 1.807) is 23.2 Å². The van der Waals surface area contributed by atoms with E-state index < -0.39 is 24.4 Å². The predicted molar refractivity (Wildman–Crippen MR) is 159 cm³/mol. The van der Waals surface area contributed by atoms with Gasteiger partial charge < -0.3 is 30.5 Å². The molecule has 43 heavy (non-hydrogen) atoms. The Balaban J connectivity index is 1.09. The van der Waals surface area contributed by atoms with Gasteiger partial charge in [0.15, 0.2) is 17.7 Å². The molecule has 2 aliphatic rings. The van der Waals surface area contributed by atoms with Gasteiger partial charge in [0.05, 0.1) is 27.4 Å². The number of nitrogens with zero attached hydrogens (tertiary/aromatic N) is 4. The number of halogens is 1. The number of nitrogens with one attached hydrogen (secondary N) is 2. The van der Waals surface area contributed by atoms with Crippen LogP contribution in [0.2, 0.25) is 0 Å². The maximum absolute atomic E-state index is 14.9. The molecule has 3 amide bonds. The fraction of sp³-hybridized carbons (Fsp3) is 0.333. The van der Waals surface area contributed by atoms with Crippen molar-refractivity contribution in [1.82, 2.24) is 25.1 Å². The van der Waals surface area contributed by atoms with Crippen LogP contribution < -0.4 is 15.4 Å². The van der Waals surface area contributed by atoms with Gasteiger partial charge >= 0.3 is 6.03 Å². The Morgan fingerprint density at radius 2 is 1.88 bits per heavy atom. The highest BCUT2D eigenvalue weighted by Crippen LogP contribution is 2.39. The number of aliphatic hydroxyl groups excluding tert-OH is 2. The molecule has 1 aromatic carbocycles. The van der Waals surface area contributed by atoms with Crippen LogP contribution in [-0.2, 0) is 11.3 Å². The molecule has 1 saturated heterocycles. The molecule has 3 aromatic heterocycles. The van der Waals surface area contributed by atoms with Crippen molar-refractivity contribution in [2.45, 2.75) is 31.5 Å². The molecule has 2 fully saturated rings. The molecular formula is C30H31FN6O5S. The zero-order chi connectivity index (χ0) is 29.9. The highest BCUT2D eigenvalue weighted by Gasteiger charge is 2.26. The number of hydrogen-bond donors (Lipinski definition) is 4. The molecule has 224 valence electrons. The smallest absolute Gasteiger partial charge is 0.319 e. The van der Waals surface area contributed by atoms with Gasteiger partial charge in [0.25, 0.3) is 5.91 Å². The van der Waals surface area contributed by atoms with Gasteiger partial charge in [-0.05, 0) is 42.7 Å².